The van der Waals surface area contributed by atoms with Gasteiger partial charge in [-0.1, -0.05) is 23.5 Å². The number of para-hydroxylation sites is 1. The molecule has 0 fully saturated rings. The van der Waals surface area contributed by atoms with E-state index in [1.54, 1.807) is 36.4 Å². The zero-order valence-electron chi connectivity index (χ0n) is 16.5. The van der Waals surface area contributed by atoms with Gasteiger partial charge in [0.15, 0.2) is 22.5 Å². The number of nitrogens with one attached hydrogen (secondary N) is 2. The van der Waals surface area contributed by atoms with Crippen molar-refractivity contribution >= 4 is 45.1 Å². The maximum Gasteiger partial charge on any atom is 0.216 e. The Labute approximate surface area is 182 Å². The van der Waals surface area contributed by atoms with Crippen molar-refractivity contribution < 1.29 is 9.47 Å². The molecule has 0 saturated carbocycles. The van der Waals surface area contributed by atoms with E-state index in [1.165, 1.54) is 0 Å². The van der Waals surface area contributed by atoms with Crippen molar-refractivity contribution in [2.45, 2.75) is 6.42 Å². The van der Waals surface area contributed by atoms with E-state index >= 15 is 0 Å². The third kappa shape index (κ3) is 4.34. The molecule has 0 bridgehead atoms. The lowest BCUT2D eigenvalue weighted by Gasteiger charge is -2.07. The minimum absolute atomic E-state index is 0.432. The summed E-state index contributed by atoms with van der Waals surface area (Å²) in [5.41, 5.74) is 1.85. The van der Waals surface area contributed by atoms with Crippen LogP contribution < -0.4 is 14.8 Å². The first-order valence-corrected chi connectivity index (χ1v) is 10.4. The number of anilines is 1. The summed E-state index contributed by atoms with van der Waals surface area (Å²) in [6, 6.07) is 13.6. The van der Waals surface area contributed by atoms with Crippen molar-refractivity contribution in [2.24, 2.45) is 5.10 Å². The number of fused-ring (bicyclic) bond motifs is 1. The number of H-pyrrole nitrogens is 1. The van der Waals surface area contributed by atoms with Crippen LogP contribution in [0.3, 0.4) is 0 Å². The number of rotatable bonds is 8. The molecule has 0 unspecified atom stereocenters. The van der Waals surface area contributed by atoms with Crippen LogP contribution in [0.25, 0.3) is 10.2 Å². The predicted octanol–water partition coefficient (Wildman–Crippen LogP) is 4.10. The van der Waals surface area contributed by atoms with Crippen LogP contribution in [-0.2, 0) is 6.42 Å². The second-order valence-corrected chi connectivity index (χ2v) is 7.70. The lowest BCUT2D eigenvalue weighted by molar-refractivity contribution is 0.355. The fraction of sp³-hybridized carbons (Fsp3) is 0.200. The third-order valence-corrected chi connectivity index (χ3v) is 5.62. The number of nitrogens with zero attached hydrogens (tertiary/aromatic N) is 4. The Balaban J connectivity index is 1.45. The van der Waals surface area contributed by atoms with Crippen LogP contribution in [0.1, 0.15) is 11.4 Å². The molecule has 8 nitrogen and oxygen atoms in total. The van der Waals surface area contributed by atoms with Crippen molar-refractivity contribution in [2.75, 3.05) is 26.1 Å². The third-order valence-electron chi connectivity index (χ3n) is 4.37. The highest BCUT2D eigenvalue weighted by atomic mass is 32.1. The van der Waals surface area contributed by atoms with Crippen LogP contribution in [0.2, 0.25) is 0 Å². The van der Waals surface area contributed by atoms with Gasteiger partial charge in [-0.3, -0.25) is 5.10 Å². The molecule has 0 atom stereocenters. The summed E-state index contributed by atoms with van der Waals surface area (Å²) in [7, 11) is 3.20. The average Bonchev–Trinajstić information content (AvgIpc) is 3.34. The van der Waals surface area contributed by atoms with E-state index < -0.39 is 0 Å². The van der Waals surface area contributed by atoms with E-state index in [-0.39, 0.29) is 0 Å². The number of benzene rings is 2. The molecule has 0 spiro atoms. The van der Waals surface area contributed by atoms with E-state index in [9.17, 15) is 0 Å². The Morgan fingerprint density at radius 2 is 2.03 bits per heavy atom. The van der Waals surface area contributed by atoms with E-state index in [0.717, 1.165) is 26.7 Å². The second kappa shape index (κ2) is 9.06. The van der Waals surface area contributed by atoms with Crippen molar-refractivity contribution in [3.63, 3.8) is 0 Å². The Kier molecular flexibility index (Phi) is 6.05. The van der Waals surface area contributed by atoms with E-state index in [1.807, 2.05) is 36.4 Å². The maximum atomic E-state index is 5.33. The fourth-order valence-electron chi connectivity index (χ4n) is 2.89. The molecule has 2 aromatic carbocycles. The SMILES string of the molecule is COc1ccc(/C=N/n2c(CCNc3nc4ccccc4s3)n[nH]c2=S)cc1OC. The molecule has 4 rings (SSSR count). The highest BCUT2D eigenvalue weighted by Gasteiger charge is 2.08. The zero-order chi connectivity index (χ0) is 20.9. The van der Waals surface area contributed by atoms with Gasteiger partial charge in [-0.05, 0) is 48.1 Å². The quantitative estimate of drug-likeness (QED) is 0.317. The van der Waals surface area contributed by atoms with Gasteiger partial charge < -0.3 is 14.8 Å². The summed E-state index contributed by atoms with van der Waals surface area (Å²) in [6.45, 7) is 0.658. The highest BCUT2D eigenvalue weighted by Crippen LogP contribution is 2.27. The van der Waals surface area contributed by atoms with Crippen LogP contribution >= 0.6 is 23.6 Å². The van der Waals surface area contributed by atoms with Crippen LogP contribution in [0.15, 0.2) is 47.6 Å². The monoisotopic (exact) mass is 440 g/mol. The molecule has 0 aliphatic rings. The molecule has 0 aliphatic carbocycles. The van der Waals surface area contributed by atoms with Gasteiger partial charge in [0.25, 0.3) is 0 Å². The van der Waals surface area contributed by atoms with Gasteiger partial charge in [0.1, 0.15) is 0 Å². The fourth-order valence-corrected chi connectivity index (χ4v) is 3.98. The zero-order valence-corrected chi connectivity index (χ0v) is 18.1. The molecule has 4 aromatic rings. The molecule has 2 N–H and O–H groups in total. The van der Waals surface area contributed by atoms with Gasteiger partial charge in [0, 0.05) is 13.0 Å². The van der Waals surface area contributed by atoms with Gasteiger partial charge in [0.2, 0.25) is 4.77 Å². The number of hydrogen-bond acceptors (Lipinski definition) is 8. The molecule has 0 aliphatic heterocycles. The Hall–Kier alpha value is -3.24. The Bertz CT molecular complexity index is 1210. The van der Waals surface area contributed by atoms with Crippen molar-refractivity contribution in [3.8, 4) is 11.5 Å². The maximum absolute atomic E-state index is 5.33. The molecular weight excluding hydrogens is 420 g/mol. The first-order chi connectivity index (χ1) is 14.7. The van der Waals surface area contributed by atoms with E-state index in [4.69, 9.17) is 21.7 Å². The molecule has 30 heavy (non-hydrogen) atoms. The first kappa shape index (κ1) is 20.0. The van der Waals surface area contributed by atoms with Gasteiger partial charge in [0.05, 0.1) is 30.7 Å². The predicted molar refractivity (Wildman–Crippen MR) is 122 cm³/mol. The highest BCUT2D eigenvalue weighted by molar-refractivity contribution is 7.71. The normalized spacial score (nSPS) is 11.3. The lowest BCUT2D eigenvalue weighted by Crippen LogP contribution is -2.08. The van der Waals surface area contributed by atoms with Gasteiger partial charge in [-0.25, -0.2) is 4.98 Å². The lowest BCUT2D eigenvalue weighted by atomic mass is 10.2. The van der Waals surface area contributed by atoms with Gasteiger partial charge in [-0.15, -0.1) is 0 Å². The van der Waals surface area contributed by atoms with Gasteiger partial charge >= 0.3 is 0 Å². The summed E-state index contributed by atoms with van der Waals surface area (Å²) in [4.78, 5) is 4.58. The van der Waals surface area contributed by atoms with Crippen molar-refractivity contribution in [3.05, 3.63) is 58.6 Å². The number of thiazole rings is 1. The largest absolute Gasteiger partial charge is 0.493 e. The van der Waals surface area contributed by atoms with E-state index in [0.29, 0.717) is 29.2 Å². The molecule has 10 heteroatoms. The summed E-state index contributed by atoms with van der Waals surface area (Å²) < 4.78 is 13.8. The molecule has 0 radical (unpaired) electrons. The number of hydrogen-bond donors (Lipinski definition) is 2. The summed E-state index contributed by atoms with van der Waals surface area (Å²) >= 11 is 6.95. The average molecular weight is 441 g/mol. The van der Waals surface area contributed by atoms with Crippen molar-refractivity contribution in [1.29, 1.82) is 0 Å². The Morgan fingerprint density at radius 1 is 1.20 bits per heavy atom. The molecule has 2 heterocycles. The molecule has 154 valence electrons. The number of ether oxygens (including phenoxy) is 2. The van der Waals surface area contributed by atoms with Crippen LogP contribution in [0.5, 0.6) is 11.5 Å². The second-order valence-electron chi connectivity index (χ2n) is 6.28. The van der Waals surface area contributed by atoms with Gasteiger partial charge in [-0.2, -0.15) is 14.9 Å². The Morgan fingerprint density at radius 3 is 2.83 bits per heavy atom. The topological polar surface area (TPSA) is 89.4 Å². The summed E-state index contributed by atoms with van der Waals surface area (Å²) in [5.74, 6) is 2.03. The number of aromatic amines is 1. The van der Waals surface area contributed by atoms with Crippen LogP contribution in [0, 0.1) is 4.77 Å². The van der Waals surface area contributed by atoms with Crippen molar-refractivity contribution in [1.82, 2.24) is 19.9 Å². The smallest absolute Gasteiger partial charge is 0.216 e. The minimum atomic E-state index is 0.432. The molecule has 0 saturated heterocycles. The molecular formula is C20H20N6O2S2. The molecule has 2 aromatic heterocycles. The molecule has 0 amide bonds. The first-order valence-electron chi connectivity index (χ1n) is 9.20. The number of methoxy groups -OCH3 is 2. The summed E-state index contributed by atoms with van der Waals surface area (Å²) in [5, 5.41) is 15.8. The van der Waals surface area contributed by atoms with Crippen LogP contribution in [0.4, 0.5) is 5.13 Å². The summed E-state index contributed by atoms with van der Waals surface area (Å²) in [6.07, 6.45) is 2.34. The van der Waals surface area contributed by atoms with Crippen LogP contribution in [-0.4, -0.2) is 46.8 Å². The van der Waals surface area contributed by atoms with E-state index in [2.05, 4.69) is 31.7 Å². The number of aromatic nitrogens is 4. The standard InChI is InChI=1S/C20H20N6O2S2/c1-27-15-8-7-13(11-16(15)28-2)12-22-26-18(24-25-20(26)29)9-10-21-19-23-14-5-3-4-6-17(14)30-19/h3-8,11-12H,9-10H2,1-2H3,(H,21,23)(H,25,29)/b22-12+. The minimum Gasteiger partial charge on any atom is -0.493 e.